The average Bonchev–Trinajstić information content (AvgIpc) is 2.01. The summed E-state index contributed by atoms with van der Waals surface area (Å²) in [4.78, 5) is 2.01. The highest BCUT2D eigenvalue weighted by atomic mass is 19.3. The van der Waals surface area contributed by atoms with E-state index in [0.29, 0.717) is 6.54 Å². The second-order valence-electron chi connectivity index (χ2n) is 5.01. The minimum absolute atomic E-state index is 0.0933. The molecular weight excluding hydrogens is 188 g/mol. The Kier molecular flexibility index (Phi) is 3.17. The third kappa shape index (κ3) is 2.42. The summed E-state index contributed by atoms with van der Waals surface area (Å²) >= 11 is 0. The average molecular weight is 207 g/mol. The minimum Gasteiger partial charge on any atom is -0.396 e. The van der Waals surface area contributed by atoms with E-state index in [-0.39, 0.29) is 18.5 Å². The monoisotopic (exact) mass is 207 g/mol. The van der Waals surface area contributed by atoms with Crippen molar-refractivity contribution < 1.29 is 13.9 Å². The first-order valence-electron chi connectivity index (χ1n) is 5.01. The van der Waals surface area contributed by atoms with Crippen molar-refractivity contribution in [3.63, 3.8) is 0 Å². The lowest BCUT2D eigenvalue weighted by atomic mass is 9.91. The van der Waals surface area contributed by atoms with Gasteiger partial charge < -0.3 is 5.11 Å². The van der Waals surface area contributed by atoms with E-state index in [2.05, 4.69) is 0 Å². The standard InChI is InChI=1S/C10H19F2NO/c1-9(2,3)13-5-4-10(11,12)8(6-13)7-14/h8,14H,4-7H2,1-3H3/t8-/m1/s1. The first-order chi connectivity index (χ1) is 6.27. The lowest BCUT2D eigenvalue weighted by Gasteiger charge is -2.44. The van der Waals surface area contributed by atoms with Gasteiger partial charge in [-0.05, 0) is 20.8 Å². The van der Waals surface area contributed by atoms with Crippen LogP contribution in [0.2, 0.25) is 0 Å². The van der Waals surface area contributed by atoms with Gasteiger partial charge in [0.1, 0.15) is 0 Å². The first-order valence-corrected chi connectivity index (χ1v) is 5.01. The fourth-order valence-corrected chi connectivity index (χ4v) is 1.78. The molecule has 1 N–H and O–H groups in total. The van der Waals surface area contributed by atoms with E-state index in [0.717, 1.165) is 0 Å². The third-order valence-corrected chi connectivity index (χ3v) is 2.92. The Labute approximate surface area is 83.9 Å². The summed E-state index contributed by atoms with van der Waals surface area (Å²) in [6.45, 7) is 6.28. The molecule has 1 rings (SSSR count). The summed E-state index contributed by atoms with van der Waals surface area (Å²) < 4.78 is 26.5. The lowest BCUT2D eigenvalue weighted by molar-refractivity contribution is -0.132. The second-order valence-corrected chi connectivity index (χ2v) is 5.01. The Morgan fingerprint density at radius 1 is 1.43 bits per heavy atom. The first kappa shape index (κ1) is 11.9. The van der Waals surface area contributed by atoms with Crippen LogP contribution < -0.4 is 0 Å². The summed E-state index contributed by atoms with van der Waals surface area (Å²) in [5.41, 5.74) is -0.0933. The van der Waals surface area contributed by atoms with Gasteiger partial charge in [0.2, 0.25) is 0 Å². The molecule has 2 nitrogen and oxygen atoms in total. The van der Waals surface area contributed by atoms with Gasteiger partial charge in [-0.1, -0.05) is 0 Å². The van der Waals surface area contributed by atoms with Crippen LogP contribution in [0, 0.1) is 5.92 Å². The highest BCUT2D eigenvalue weighted by Crippen LogP contribution is 2.35. The van der Waals surface area contributed by atoms with Crippen molar-refractivity contribution in [2.24, 2.45) is 5.92 Å². The maximum absolute atomic E-state index is 13.2. The van der Waals surface area contributed by atoms with Gasteiger partial charge in [-0.25, -0.2) is 8.78 Å². The molecule has 0 aliphatic carbocycles. The number of aliphatic hydroxyl groups excluding tert-OH is 1. The van der Waals surface area contributed by atoms with Gasteiger partial charge in [-0.2, -0.15) is 0 Å². The highest BCUT2D eigenvalue weighted by Gasteiger charge is 2.45. The molecule has 1 aliphatic heterocycles. The van der Waals surface area contributed by atoms with E-state index in [9.17, 15) is 8.78 Å². The minimum atomic E-state index is -2.70. The summed E-state index contributed by atoms with van der Waals surface area (Å²) in [6.07, 6.45) is -0.143. The lowest BCUT2D eigenvalue weighted by Crippen LogP contribution is -2.54. The molecule has 14 heavy (non-hydrogen) atoms. The van der Waals surface area contributed by atoms with E-state index in [4.69, 9.17) is 5.11 Å². The molecule has 4 heteroatoms. The predicted molar refractivity (Wildman–Crippen MR) is 51.5 cm³/mol. The highest BCUT2D eigenvalue weighted by molar-refractivity contribution is 4.90. The largest absolute Gasteiger partial charge is 0.396 e. The van der Waals surface area contributed by atoms with Crippen molar-refractivity contribution >= 4 is 0 Å². The van der Waals surface area contributed by atoms with Crippen LogP contribution in [-0.4, -0.2) is 41.2 Å². The molecular formula is C10H19F2NO. The van der Waals surface area contributed by atoms with Crippen LogP contribution in [0.5, 0.6) is 0 Å². The zero-order valence-electron chi connectivity index (χ0n) is 9.06. The van der Waals surface area contributed by atoms with Crippen LogP contribution in [0.1, 0.15) is 27.2 Å². The number of hydrogen-bond acceptors (Lipinski definition) is 2. The number of rotatable bonds is 1. The van der Waals surface area contributed by atoms with Crippen LogP contribution in [0.15, 0.2) is 0 Å². The smallest absolute Gasteiger partial charge is 0.255 e. The predicted octanol–water partition coefficient (Wildman–Crippen LogP) is 1.73. The molecule has 0 radical (unpaired) electrons. The molecule has 84 valence electrons. The van der Waals surface area contributed by atoms with Crippen LogP contribution in [-0.2, 0) is 0 Å². The van der Waals surface area contributed by atoms with E-state index in [1.807, 2.05) is 25.7 Å². The van der Waals surface area contributed by atoms with Gasteiger partial charge in [-0.15, -0.1) is 0 Å². The Bertz CT molecular complexity index is 201. The fraction of sp³-hybridized carbons (Fsp3) is 1.00. The number of hydrogen-bond donors (Lipinski definition) is 1. The van der Waals surface area contributed by atoms with Crippen molar-refractivity contribution in [2.75, 3.05) is 19.7 Å². The summed E-state index contributed by atoms with van der Waals surface area (Å²) in [7, 11) is 0. The molecule has 0 saturated carbocycles. The van der Waals surface area contributed by atoms with E-state index in [1.54, 1.807) is 0 Å². The number of nitrogens with zero attached hydrogens (tertiary/aromatic N) is 1. The topological polar surface area (TPSA) is 23.5 Å². The Morgan fingerprint density at radius 2 is 2.00 bits per heavy atom. The van der Waals surface area contributed by atoms with E-state index < -0.39 is 18.4 Å². The number of aliphatic hydroxyl groups is 1. The van der Waals surface area contributed by atoms with Crippen molar-refractivity contribution in [1.29, 1.82) is 0 Å². The number of likely N-dealkylation sites (tertiary alicyclic amines) is 1. The Morgan fingerprint density at radius 3 is 2.43 bits per heavy atom. The Hall–Kier alpha value is -0.220. The molecule has 0 bridgehead atoms. The summed E-state index contributed by atoms with van der Waals surface area (Å²) in [5, 5.41) is 8.90. The van der Waals surface area contributed by atoms with E-state index >= 15 is 0 Å². The van der Waals surface area contributed by atoms with Crippen LogP contribution >= 0.6 is 0 Å². The van der Waals surface area contributed by atoms with E-state index in [1.165, 1.54) is 0 Å². The number of alkyl halides is 2. The quantitative estimate of drug-likeness (QED) is 0.708. The molecule has 1 fully saturated rings. The molecule has 1 saturated heterocycles. The summed E-state index contributed by atoms with van der Waals surface area (Å²) in [5.74, 6) is -3.60. The maximum Gasteiger partial charge on any atom is 0.255 e. The number of piperidine rings is 1. The van der Waals surface area contributed by atoms with Gasteiger partial charge in [-0.3, -0.25) is 4.90 Å². The SMILES string of the molecule is CC(C)(C)N1CCC(F)(F)[C@@H](CO)C1. The molecule has 0 amide bonds. The third-order valence-electron chi connectivity index (χ3n) is 2.92. The molecule has 0 aromatic heterocycles. The maximum atomic E-state index is 13.2. The van der Waals surface area contributed by atoms with Crippen LogP contribution in [0.25, 0.3) is 0 Å². The van der Waals surface area contributed by atoms with Gasteiger partial charge >= 0.3 is 0 Å². The normalized spacial score (nSPS) is 29.1. The van der Waals surface area contributed by atoms with Crippen LogP contribution in [0.4, 0.5) is 8.78 Å². The number of halogens is 2. The van der Waals surface area contributed by atoms with Gasteiger partial charge in [0.15, 0.2) is 0 Å². The molecule has 0 aromatic carbocycles. The van der Waals surface area contributed by atoms with Gasteiger partial charge in [0.05, 0.1) is 12.5 Å². The zero-order valence-corrected chi connectivity index (χ0v) is 9.06. The zero-order chi connectivity index (χ0) is 11.0. The molecule has 1 heterocycles. The van der Waals surface area contributed by atoms with Gasteiger partial charge in [0, 0.05) is 25.0 Å². The van der Waals surface area contributed by atoms with Crippen molar-refractivity contribution in [3.8, 4) is 0 Å². The second kappa shape index (κ2) is 3.74. The molecule has 0 spiro atoms. The van der Waals surface area contributed by atoms with Crippen molar-refractivity contribution in [1.82, 2.24) is 4.90 Å². The molecule has 1 aliphatic rings. The van der Waals surface area contributed by atoms with Crippen LogP contribution in [0.3, 0.4) is 0 Å². The van der Waals surface area contributed by atoms with Crippen molar-refractivity contribution in [3.05, 3.63) is 0 Å². The molecule has 1 atom stereocenters. The molecule has 0 unspecified atom stereocenters. The molecule has 0 aromatic rings. The summed E-state index contributed by atoms with van der Waals surface area (Å²) in [6, 6.07) is 0. The van der Waals surface area contributed by atoms with Gasteiger partial charge in [0.25, 0.3) is 5.92 Å². The van der Waals surface area contributed by atoms with Crippen molar-refractivity contribution in [2.45, 2.75) is 38.7 Å². The fourth-order valence-electron chi connectivity index (χ4n) is 1.78. The Balaban J connectivity index is 2.67.